The van der Waals surface area contributed by atoms with Gasteiger partial charge in [0.2, 0.25) is 5.91 Å². The molecule has 0 bridgehead atoms. The second-order valence-corrected chi connectivity index (χ2v) is 6.91. The first-order valence-corrected chi connectivity index (χ1v) is 9.54. The normalized spacial score (nSPS) is 11.9. The smallest absolute Gasteiger partial charge is 0.338 e. The number of thioether (sulfide) groups is 1. The number of esters is 1. The molecule has 0 radical (unpaired) electrons. The molecule has 0 saturated carbocycles. The van der Waals surface area contributed by atoms with Crippen molar-refractivity contribution >= 4 is 40.5 Å². The Bertz CT molecular complexity index is 907. The van der Waals surface area contributed by atoms with Crippen LogP contribution in [-0.4, -0.2) is 38.7 Å². The molecular formula is C19H20N4O3S. The third kappa shape index (κ3) is 4.65. The lowest BCUT2D eigenvalue weighted by Crippen LogP contribution is -2.24. The van der Waals surface area contributed by atoms with Gasteiger partial charge in [-0.1, -0.05) is 18.7 Å². The molecule has 7 nitrogen and oxygen atoms in total. The summed E-state index contributed by atoms with van der Waals surface area (Å²) in [6.45, 7) is 4.03. The highest BCUT2D eigenvalue weighted by molar-refractivity contribution is 8.00. The van der Waals surface area contributed by atoms with E-state index in [2.05, 4.69) is 20.3 Å². The number of aromatic nitrogens is 3. The first kappa shape index (κ1) is 18.9. The fourth-order valence-corrected chi connectivity index (χ4v) is 3.37. The van der Waals surface area contributed by atoms with Gasteiger partial charge in [0.05, 0.1) is 22.9 Å². The number of aromatic amines is 1. The number of nitrogens with one attached hydrogen (secondary N) is 2. The monoisotopic (exact) mass is 384 g/mol. The first-order chi connectivity index (χ1) is 13.1. The molecule has 1 amide bonds. The molecule has 140 valence electrons. The van der Waals surface area contributed by atoms with Crippen LogP contribution in [0.1, 0.15) is 30.6 Å². The lowest BCUT2D eigenvalue weighted by molar-refractivity contribution is -0.115. The Morgan fingerprint density at radius 1 is 1.22 bits per heavy atom. The van der Waals surface area contributed by atoms with Gasteiger partial charge in [-0.05, 0) is 49.7 Å². The number of amides is 1. The quantitative estimate of drug-likeness (QED) is 0.477. The van der Waals surface area contributed by atoms with E-state index >= 15 is 0 Å². The van der Waals surface area contributed by atoms with Gasteiger partial charge in [0.15, 0.2) is 10.8 Å². The molecule has 2 aromatic heterocycles. The highest BCUT2D eigenvalue weighted by Crippen LogP contribution is 2.26. The molecule has 0 unspecified atom stereocenters. The number of H-pyrrole nitrogens is 1. The number of benzene rings is 1. The third-order valence-electron chi connectivity index (χ3n) is 3.82. The topological polar surface area (TPSA) is 97.0 Å². The van der Waals surface area contributed by atoms with Crippen molar-refractivity contribution < 1.29 is 14.3 Å². The van der Waals surface area contributed by atoms with Gasteiger partial charge in [0.25, 0.3) is 0 Å². The van der Waals surface area contributed by atoms with Crippen molar-refractivity contribution in [3.8, 4) is 0 Å². The van der Waals surface area contributed by atoms with Crippen LogP contribution < -0.4 is 5.32 Å². The zero-order chi connectivity index (χ0) is 19.2. The Balaban J connectivity index is 1.65. The van der Waals surface area contributed by atoms with E-state index < -0.39 is 0 Å². The van der Waals surface area contributed by atoms with Crippen LogP contribution in [0.25, 0.3) is 11.2 Å². The first-order valence-electron chi connectivity index (χ1n) is 8.66. The molecule has 0 aliphatic carbocycles. The maximum absolute atomic E-state index is 12.6. The number of hydrogen-bond donors (Lipinski definition) is 2. The van der Waals surface area contributed by atoms with Crippen molar-refractivity contribution in [1.29, 1.82) is 0 Å². The van der Waals surface area contributed by atoms with Gasteiger partial charge in [-0.2, -0.15) is 0 Å². The highest BCUT2D eigenvalue weighted by atomic mass is 32.2. The number of carbonyl (C=O) groups excluding carboxylic acids is 2. The number of anilines is 1. The molecule has 0 fully saturated rings. The number of hydrogen-bond acceptors (Lipinski definition) is 6. The molecule has 0 spiro atoms. The standard InChI is InChI=1S/C19H20N4O3S/c1-3-15(27-19-22-14-6-5-11-20-16(14)23-19)17(24)21-13-9-7-12(8-10-13)18(25)26-4-2/h5-11,15H,3-4H2,1-2H3,(H,21,24)(H,20,22,23)/t15-/m0/s1. The zero-order valence-corrected chi connectivity index (χ0v) is 15.9. The van der Waals surface area contributed by atoms with Crippen LogP contribution in [0.4, 0.5) is 5.69 Å². The molecular weight excluding hydrogens is 364 g/mol. The Morgan fingerprint density at radius 3 is 2.67 bits per heavy atom. The summed E-state index contributed by atoms with van der Waals surface area (Å²) in [6.07, 6.45) is 2.32. The van der Waals surface area contributed by atoms with Crippen molar-refractivity contribution in [2.24, 2.45) is 0 Å². The summed E-state index contributed by atoms with van der Waals surface area (Å²) in [5.74, 6) is -0.504. The van der Waals surface area contributed by atoms with Crippen LogP contribution >= 0.6 is 11.8 Å². The lowest BCUT2D eigenvalue weighted by atomic mass is 10.2. The van der Waals surface area contributed by atoms with Crippen LogP contribution in [0, 0.1) is 0 Å². The number of rotatable bonds is 7. The second kappa shape index (κ2) is 8.68. The molecule has 3 aromatic rings. The average molecular weight is 384 g/mol. The summed E-state index contributed by atoms with van der Waals surface area (Å²) in [5, 5.41) is 3.22. The van der Waals surface area contributed by atoms with Crippen molar-refractivity contribution in [2.75, 3.05) is 11.9 Å². The molecule has 1 aromatic carbocycles. The summed E-state index contributed by atoms with van der Waals surface area (Å²) in [6, 6.07) is 10.4. The van der Waals surface area contributed by atoms with Gasteiger partial charge in [0.1, 0.15) is 0 Å². The van der Waals surface area contributed by atoms with Gasteiger partial charge in [0, 0.05) is 11.9 Å². The largest absolute Gasteiger partial charge is 0.462 e. The van der Waals surface area contributed by atoms with Crippen LogP contribution in [0.3, 0.4) is 0 Å². The Kier molecular flexibility index (Phi) is 6.08. The summed E-state index contributed by atoms with van der Waals surface area (Å²) in [7, 11) is 0. The van der Waals surface area contributed by atoms with Gasteiger partial charge in [-0.25, -0.2) is 14.8 Å². The van der Waals surface area contributed by atoms with Crippen molar-refractivity contribution in [3.05, 3.63) is 48.2 Å². The van der Waals surface area contributed by atoms with E-state index in [0.29, 0.717) is 35.1 Å². The maximum Gasteiger partial charge on any atom is 0.338 e. The summed E-state index contributed by atoms with van der Waals surface area (Å²) in [5.41, 5.74) is 2.54. The fourth-order valence-electron chi connectivity index (χ4n) is 2.46. The van der Waals surface area contributed by atoms with E-state index in [4.69, 9.17) is 4.74 Å². The number of carbonyl (C=O) groups is 2. The Labute approximate surface area is 160 Å². The second-order valence-electron chi connectivity index (χ2n) is 5.72. The minimum absolute atomic E-state index is 0.125. The minimum atomic E-state index is -0.379. The molecule has 2 N–H and O–H groups in total. The minimum Gasteiger partial charge on any atom is -0.462 e. The molecule has 0 saturated heterocycles. The number of fused-ring (bicyclic) bond motifs is 1. The van der Waals surface area contributed by atoms with Gasteiger partial charge in [-0.3, -0.25) is 4.79 Å². The molecule has 1 atom stereocenters. The molecule has 8 heteroatoms. The fraction of sp³-hybridized carbons (Fsp3) is 0.263. The Morgan fingerprint density at radius 2 is 2.00 bits per heavy atom. The van der Waals surface area contributed by atoms with Crippen molar-refractivity contribution in [2.45, 2.75) is 30.7 Å². The van der Waals surface area contributed by atoms with Crippen LogP contribution in [0.5, 0.6) is 0 Å². The summed E-state index contributed by atoms with van der Waals surface area (Å²) >= 11 is 1.36. The predicted octanol–water partition coefficient (Wildman–Crippen LogP) is 3.64. The van der Waals surface area contributed by atoms with E-state index in [1.54, 1.807) is 37.4 Å². The van der Waals surface area contributed by atoms with Gasteiger partial charge in [-0.15, -0.1) is 0 Å². The van der Waals surface area contributed by atoms with E-state index in [9.17, 15) is 9.59 Å². The van der Waals surface area contributed by atoms with Crippen molar-refractivity contribution in [1.82, 2.24) is 15.0 Å². The molecule has 27 heavy (non-hydrogen) atoms. The third-order valence-corrected chi connectivity index (χ3v) is 5.06. The molecule has 3 rings (SSSR count). The molecule has 0 aliphatic rings. The summed E-state index contributed by atoms with van der Waals surface area (Å²) < 4.78 is 4.95. The van der Waals surface area contributed by atoms with Crippen LogP contribution in [0.15, 0.2) is 47.8 Å². The van der Waals surface area contributed by atoms with Gasteiger partial charge >= 0.3 is 5.97 Å². The SMILES string of the molecule is CCOC(=O)c1ccc(NC(=O)[C@H](CC)Sc2nc3ncccc3[nH]2)cc1. The van der Waals surface area contributed by atoms with E-state index in [-0.39, 0.29) is 17.1 Å². The van der Waals surface area contributed by atoms with Crippen LogP contribution in [-0.2, 0) is 9.53 Å². The predicted molar refractivity (Wildman–Crippen MR) is 105 cm³/mol. The van der Waals surface area contributed by atoms with Crippen molar-refractivity contribution in [3.63, 3.8) is 0 Å². The van der Waals surface area contributed by atoms with E-state index in [0.717, 1.165) is 5.52 Å². The van der Waals surface area contributed by atoms with E-state index in [1.807, 2.05) is 19.1 Å². The number of ether oxygens (including phenoxy) is 1. The lowest BCUT2D eigenvalue weighted by Gasteiger charge is -2.13. The molecule has 2 heterocycles. The molecule has 0 aliphatic heterocycles. The Hall–Kier alpha value is -2.87. The maximum atomic E-state index is 12.6. The van der Waals surface area contributed by atoms with Gasteiger partial charge < -0.3 is 15.0 Å². The number of imidazole rings is 1. The van der Waals surface area contributed by atoms with Crippen LogP contribution in [0.2, 0.25) is 0 Å². The summed E-state index contributed by atoms with van der Waals surface area (Å²) in [4.78, 5) is 36.0. The number of pyridine rings is 1. The highest BCUT2D eigenvalue weighted by Gasteiger charge is 2.20. The zero-order valence-electron chi connectivity index (χ0n) is 15.1. The van der Waals surface area contributed by atoms with E-state index in [1.165, 1.54) is 11.8 Å². The average Bonchev–Trinajstić information content (AvgIpc) is 3.09. The number of nitrogens with zero attached hydrogens (tertiary/aromatic N) is 2.